The van der Waals surface area contributed by atoms with Crippen molar-refractivity contribution in [2.45, 2.75) is 52.4 Å². The van der Waals surface area contributed by atoms with Crippen LogP contribution in [0.3, 0.4) is 0 Å². The molecule has 31 heavy (non-hydrogen) atoms. The highest BCUT2D eigenvalue weighted by Crippen LogP contribution is 2.43. The summed E-state index contributed by atoms with van der Waals surface area (Å²) in [5, 5.41) is 0. The van der Waals surface area contributed by atoms with Crippen LogP contribution in [-0.4, -0.2) is 11.6 Å². The molecule has 3 aromatic carbocycles. The van der Waals surface area contributed by atoms with E-state index in [1.165, 1.54) is 0 Å². The van der Waals surface area contributed by atoms with Crippen LogP contribution in [0.5, 0.6) is 11.5 Å². The molecular weight excluding hydrogens is 384 g/mol. The molecule has 0 saturated carbocycles. The van der Waals surface area contributed by atoms with E-state index in [-0.39, 0.29) is 17.0 Å². The van der Waals surface area contributed by atoms with Gasteiger partial charge in [0.05, 0.1) is 0 Å². The number of hydrogen-bond acceptors (Lipinski definition) is 3. The molecule has 0 radical (unpaired) electrons. The quantitative estimate of drug-likeness (QED) is 0.362. The second kappa shape index (κ2) is 7.19. The number of para-hydroxylation sites is 1. The lowest BCUT2D eigenvalue weighted by atomic mass is 9.71. The van der Waals surface area contributed by atoms with Crippen LogP contribution < -0.4 is 4.74 Å². The molecule has 3 aromatic rings. The Labute approximate surface area is 184 Å². The van der Waals surface area contributed by atoms with Crippen molar-refractivity contribution in [3.05, 3.63) is 94.0 Å². The molecule has 0 fully saturated rings. The van der Waals surface area contributed by atoms with E-state index < -0.39 is 5.41 Å². The van der Waals surface area contributed by atoms with Crippen LogP contribution in [0.1, 0.15) is 84.5 Å². The number of fused-ring (bicyclic) bond motifs is 2. The molecule has 0 aromatic heterocycles. The maximum Gasteiger partial charge on any atom is 0.195 e. The minimum absolute atomic E-state index is 0.0986. The zero-order valence-corrected chi connectivity index (χ0v) is 19.0. The highest BCUT2D eigenvalue weighted by atomic mass is 16.5. The van der Waals surface area contributed by atoms with E-state index in [1.807, 2.05) is 69.3 Å². The van der Waals surface area contributed by atoms with Crippen LogP contribution in [0.15, 0.2) is 60.7 Å². The van der Waals surface area contributed by atoms with Crippen LogP contribution in [0, 0.1) is 0 Å². The summed E-state index contributed by atoms with van der Waals surface area (Å²) in [5.41, 5.74) is 2.92. The van der Waals surface area contributed by atoms with Gasteiger partial charge in [-0.2, -0.15) is 0 Å². The van der Waals surface area contributed by atoms with Crippen LogP contribution in [0.4, 0.5) is 0 Å². The fourth-order valence-corrected chi connectivity index (χ4v) is 4.34. The second-order valence-corrected chi connectivity index (χ2v) is 10.2. The van der Waals surface area contributed by atoms with Crippen molar-refractivity contribution < 1.29 is 14.3 Å². The molecule has 0 bridgehead atoms. The molecule has 4 rings (SSSR count). The molecule has 1 aliphatic carbocycles. The third-order valence-corrected chi connectivity index (χ3v) is 5.70. The van der Waals surface area contributed by atoms with Crippen molar-refractivity contribution >= 4 is 11.6 Å². The lowest BCUT2D eigenvalue weighted by molar-refractivity contribution is 0.0975. The molecule has 0 atom stereocenters. The Hall–Kier alpha value is -3.20. The molecule has 0 unspecified atom stereocenters. The standard InChI is InChI=1S/C28H28O3/c1-27(2,3)20-14-10-13-18-22(20)26(30)23-19(25(18)29)15-16-21(24(23)28(4,5)6)31-17-11-8-7-9-12-17/h7-16H,1-6H3. The highest BCUT2D eigenvalue weighted by molar-refractivity contribution is 6.29. The van der Waals surface area contributed by atoms with Gasteiger partial charge in [-0.1, -0.05) is 77.9 Å². The summed E-state index contributed by atoms with van der Waals surface area (Å²) >= 11 is 0. The summed E-state index contributed by atoms with van der Waals surface area (Å²) in [7, 11) is 0. The summed E-state index contributed by atoms with van der Waals surface area (Å²) in [4.78, 5) is 27.5. The molecule has 158 valence electrons. The maximum absolute atomic E-state index is 14.0. The predicted molar refractivity (Wildman–Crippen MR) is 124 cm³/mol. The van der Waals surface area contributed by atoms with E-state index in [2.05, 4.69) is 20.8 Å². The van der Waals surface area contributed by atoms with Crippen molar-refractivity contribution in [1.29, 1.82) is 0 Å². The van der Waals surface area contributed by atoms with E-state index in [4.69, 9.17) is 4.74 Å². The first kappa shape index (κ1) is 21.0. The smallest absolute Gasteiger partial charge is 0.195 e. The van der Waals surface area contributed by atoms with Crippen molar-refractivity contribution in [3.8, 4) is 11.5 Å². The number of ketones is 2. The van der Waals surface area contributed by atoms with Gasteiger partial charge in [0.25, 0.3) is 0 Å². The molecular formula is C28H28O3. The lowest BCUT2D eigenvalue weighted by Gasteiger charge is -2.31. The van der Waals surface area contributed by atoms with Crippen molar-refractivity contribution in [2.24, 2.45) is 0 Å². The van der Waals surface area contributed by atoms with Crippen LogP contribution in [0.2, 0.25) is 0 Å². The van der Waals surface area contributed by atoms with Crippen LogP contribution in [0.25, 0.3) is 0 Å². The number of carbonyl (C=O) groups is 2. The van der Waals surface area contributed by atoms with Gasteiger partial charge >= 0.3 is 0 Å². The van der Waals surface area contributed by atoms with Gasteiger partial charge in [-0.05, 0) is 40.7 Å². The Bertz CT molecular complexity index is 1190. The number of benzene rings is 3. The van der Waals surface area contributed by atoms with E-state index in [0.717, 1.165) is 11.1 Å². The Balaban J connectivity index is 1.99. The molecule has 3 heteroatoms. The monoisotopic (exact) mass is 412 g/mol. The third-order valence-electron chi connectivity index (χ3n) is 5.70. The molecule has 0 heterocycles. The first-order valence-corrected chi connectivity index (χ1v) is 10.6. The van der Waals surface area contributed by atoms with Gasteiger partial charge in [0.1, 0.15) is 11.5 Å². The molecule has 3 nitrogen and oxygen atoms in total. The average Bonchev–Trinajstić information content (AvgIpc) is 2.70. The topological polar surface area (TPSA) is 43.4 Å². The zero-order valence-electron chi connectivity index (χ0n) is 19.0. The maximum atomic E-state index is 14.0. The van der Waals surface area contributed by atoms with Crippen molar-refractivity contribution in [3.63, 3.8) is 0 Å². The van der Waals surface area contributed by atoms with Gasteiger partial charge in [0, 0.05) is 27.8 Å². The van der Waals surface area contributed by atoms with E-state index in [9.17, 15) is 9.59 Å². The van der Waals surface area contributed by atoms with Gasteiger partial charge in [-0.25, -0.2) is 0 Å². The third kappa shape index (κ3) is 3.59. The average molecular weight is 413 g/mol. The first-order valence-electron chi connectivity index (χ1n) is 10.6. The SMILES string of the molecule is CC(C)(C)c1cccc2c1C(=O)c1c(ccc(Oc3ccccc3)c1C(C)(C)C)C2=O. The number of hydrogen-bond donors (Lipinski definition) is 0. The first-order chi connectivity index (χ1) is 14.5. The number of carbonyl (C=O) groups excluding carboxylic acids is 2. The highest BCUT2D eigenvalue weighted by Gasteiger charge is 2.39. The van der Waals surface area contributed by atoms with E-state index in [1.54, 1.807) is 12.1 Å². The Morgan fingerprint density at radius 2 is 1.26 bits per heavy atom. The summed E-state index contributed by atoms with van der Waals surface area (Å²) in [5.74, 6) is 1.10. The Morgan fingerprint density at radius 3 is 1.87 bits per heavy atom. The van der Waals surface area contributed by atoms with Crippen LogP contribution >= 0.6 is 0 Å². The van der Waals surface area contributed by atoms with E-state index in [0.29, 0.717) is 33.8 Å². The molecule has 0 amide bonds. The molecule has 0 spiro atoms. The Morgan fingerprint density at radius 1 is 0.613 bits per heavy atom. The number of ether oxygens (including phenoxy) is 1. The van der Waals surface area contributed by atoms with Gasteiger partial charge in [0.15, 0.2) is 11.6 Å². The van der Waals surface area contributed by atoms with Gasteiger partial charge < -0.3 is 4.74 Å². The minimum atomic E-state index is -0.403. The Kier molecular flexibility index (Phi) is 4.88. The summed E-state index contributed by atoms with van der Waals surface area (Å²) < 4.78 is 6.21. The predicted octanol–water partition coefficient (Wildman–Crippen LogP) is 6.85. The van der Waals surface area contributed by atoms with Gasteiger partial charge in [-0.15, -0.1) is 0 Å². The fourth-order valence-electron chi connectivity index (χ4n) is 4.34. The van der Waals surface area contributed by atoms with E-state index >= 15 is 0 Å². The van der Waals surface area contributed by atoms with Crippen molar-refractivity contribution in [1.82, 2.24) is 0 Å². The summed E-state index contributed by atoms with van der Waals surface area (Å²) in [6.07, 6.45) is 0. The van der Waals surface area contributed by atoms with Crippen LogP contribution in [-0.2, 0) is 10.8 Å². The largest absolute Gasteiger partial charge is 0.457 e. The molecule has 0 saturated heterocycles. The normalized spacial score (nSPS) is 13.6. The fraction of sp³-hybridized carbons (Fsp3) is 0.286. The zero-order chi connectivity index (χ0) is 22.6. The molecule has 0 aliphatic heterocycles. The van der Waals surface area contributed by atoms with Gasteiger partial charge in [-0.3, -0.25) is 9.59 Å². The minimum Gasteiger partial charge on any atom is -0.457 e. The second-order valence-electron chi connectivity index (χ2n) is 10.2. The molecule has 1 aliphatic rings. The van der Waals surface area contributed by atoms with Gasteiger partial charge in [0.2, 0.25) is 0 Å². The number of rotatable bonds is 2. The lowest BCUT2D eigenvalue weighted by Crippen LogP contribution is -2.30. The summed E-state index contributed by atoms with van der Waals surface area (Å²) in [6, 6.07) is 18.6. The molecule has 0 N–H and O–H groups in total. The van der Waals surface area contributed by atoms with Crippen molar-refractivity contribution in [2.75, 3.05) is 0 Å². The summed E-state index contributed by atoms with van der Waals surface area (Å²) in [6.45, 7) is 12.3.